The van der Waals surface area contributed by atoms with Crippen LogP contribution in [0.25, 0.3) is 0 Å². The number of amides is 1. The molecule has 2 aromatic rings. The number of sulfonamides is 1. The minimum Gasteiger partial charge on any atom is -0.491 e. The Morgan fingerprint density at radius 2 is 1.96 bits per heavy atom. The fourth-order valence-electron chi connectivity index (χ4n) is 2.47. The van der Waals surface area contributed by atoms with Crippen LogP contribution >= 0.6 is 11.6 Å². The van der Waals surface area contributed by atoms with Gasteiger partial charge in [0.1, 0.15) is 24.7 Å². The first kappa shape index (κ1) is 22.0. The van der Waals surface area contributed by atoms with Crippen molar-refractivity contribution in [3.05, 3.63) is 58.9 Å². The van der Waals surface area contributed by atoms with Gasteiger partial charge >= 0.3 is 0 Å². The number of ether oxygens (including phenoxy) is 1. The first-order chi connectivity index (χ1) is 13.1. The number of nitrogens with one attached hydrogen (secondary N) is 1. The van der Waals surface area contributed by atoms with Crippen molar-refractivity contribution < 1.29 is 22.3 Å². The van der Waals surface area contributed by atoms with Crippen LogP contribution in [0.4, 0.5) is 10.1 Å². The summed E-state index contributed by atoms with van der Waals surface area (Å²) in [6.45, 7) is 3.42. The molecule has 0 radical (unpaired) electrons. The summed E-state index contributed by atoms with van der Waals surface area (Å²) in [4.78, 5) is 12.3. The summed E-state index contributed by atoms with van der Waals surface area (Å²) in [5.41, 5.74) is 1.07. The molecule has 2 aromatic carbocycles. The fourth-order valence-corrected chi connectivity index (χ4v) is 3.49. The Morgan fingerprint density at radius 3 is 2.57 bits per heavy atom. The second-order valence-electron chi connectivity index (χ2n) is 6.41. The smallest absolute Gasteiger partial charge is 0.241 e. The number of anilines is 1. The molecule has 0 aromatic heterocycles. The maximum absolute atomic E-state index is 13.4. The van der Waals surface area contributed by atoms with Crippen LogP contribution in [-0.4, -0.2) is 39.8 Å². The zero-order chi connectivity index (χ0) is 20.9. The van der Waals surface area contributed by atoms with Gasteiger partial charge in [0.05, 0.1) is 23.0 Å². The summed E-state index contributed by atoms with van der Waals surface area (Å²) in [6, 6.07) is 10.6. The second-order valence-corrected chi connectivity index (χ2v) is 8.73. The van der Waals surface area contributed by atoms with Crippen LogP contribution in [0.2, 0.25) is 5.02 Å². The van der Waals surface area contributed by atoms with Gasteiger partial charge in [0.25, 0.3) is 0 Å². The minimum absolute atomic E-state index is 0.105. The fraction of sp³-hybridized carbons (Fsp3) is 0.316. The van der Waals surface area contributed by atoms with Crippen molar-refractivity contribution in [2.75, 3.05) is 23.7 Å². The van der Waals surface area contributed by atoms with E-state index in [4.69, 9.17) is 16.3 Å². The van der Waals surface area contributed by atoms with Gasteiger partial charge in [0, 0.05) is 0 Å². The van der Waals surface area contributed by atoms with Crippen molar-refractivity contribution in [1.29, 1.82) is 0 Å². The van der Waals surface area contributed by atoms with E-state index in [1.165, 1.54) is 6.07 Å². The highest BCUT2D eigenvalue weighted by Crippen LogP contribution is 2.24. The Balaban J connectivity index is 2.01. The number of benzene rings is 2. The number of rotatable bonds is 8. The molecular weight excluding hydrogens is 407 g/mol. The number of carbonyl (C=O) groups excluding carboxylic acids is 1. The summed E-state index contributed by atoms with van der Waals surface area (Å²) < 4.78 is 44.1. The summed E-state index contributed by atoms with van der Waals surface area (Å²) >= 11 is 5.73. The number of hydrogen-bond donors (Lipinski definition) is 1. The highest BCUT2D eigenvalue weighted by atomic mass is 35.5. The van der Waals surface area contributed by atoms with E-state index in [9.17, 15) is 17.6 Å². The zero-order valence-electron chi connectivity index (χ0n) is 15.8. The molecule has 0 spiro atoms. The largest absolute Gasteiger partial charge is 0.491 e. The second kappa shape index (κ2) is 9.25. The van der Waals surface area contributed by atoms with Crippen LogP contribution in [0.1, 0.15) is 12.5 Å². The van der Waals surface area contributed by atoms with Gasteiger partial charge in [-0.15, -0.1) is 0 Å². The molecule has 9 heteroatoms. The number of hydrogen-bond acceptors (Lipinski definition) is 4. The molecule has 6 nitrogen and oxygen atoms in total. The third-order valence-electron chi connectivity index (χ3n) is 3.87. The summed E-state index contributed by atoms with van der Waals surface area (Å²) in [5, 5.41) is 2.46. The van der Waals surface area contributed by atoms with Gasteiger partial charge in [-0.3, -0.25) is 9.10 Å². The van der Waals surface area contributed by atoms with Gasteiger partial charge in [0.2, 0.25) is 15.9 Å². The lowest BCUT2D eigenvalue weighted by molar-refractivity contribution is -0.120. The van der Waals surface area contributed by atoms with Crippen molar-refractivity contribution in [3.8, 4) is 5.75 Å². The first-order valence-corrected chi connectivity index (χ1v) is 10.7. The molecule has 0 aliphatic carbocycles. The Hall–Kier alpha value is -2.32. The summed E-state index contributed by atoms with van der Waals surface area (Å²) in [5.74, 6) is -0.487. The van der Waals surface area contributed by atoms with E-state index in [1.807, 2.05) is 31.2 Å². The van der Waals surface area contributed by atoms with Crippen molar-refractivity contribution in [3.63, 3.8) is 0 Å². The van der Waals surface area contributed by atoms with Gasteiger partial charge in [-0.25, -0.2) is 12.8 Å². The lowest BCUT2D eigenvalue weighted by Crippen LogP contribution is -2.44. The van der Waals surface area contributed by atoms with Crippen molar-refractivity contribution in [2.24, 2.45) is 0 Å². The van der Waals surface area contributed by atoms with E-state index in [0.29, 0.717) is 5.75 Å². The van der Waals surface area contributed by atoms with Gasteiger partial charge in [-0.05, 0) is 43.7 Å². The van der Waals surface area contributed by atoms with E-state index in [0.717, 1.165) is 28.3 Å². The lowest BCUT2D eigenvalue weighted by atomic mass is 10.2. The van der Waals surface area contributed by atoms with Crippen LogP contribution < -0.4 is 14.4 Å². The first-order valence-electron chi connectivity index (χ1n) is 8.48. The molecule has 0 fully saturated rings. The minimum atomic E-state index is -3.78. The molecule has 28 heavy (non-hydrogen) atoms. The highest BCUT2D eigenvalue weighted by molar-refractivity contribution is 7.92. The Morgan fingerprint density at radius 1 is 1.29 bits per heavy atom. The average molecular weight is 429 g/mol. The van der Waals surface area contributed by atoms with E-state index in [-0.39, 0.29) is 23.4 Å². The molecule has 0 unspecified atom stereocenters. The average Bonchev–Trinajstić information content (AvgIpc) is 2.60. The molecule has 0 saturated carbocycles. The monoisotopic (exact) mass is 428 g/mol. The third-order valence-corrected chi connectivity index (χ3v) is 5.30. The summed E-state index contributed by atoms with van der Waals surface area (Å²) in [7, 11) is -3.78. The third kappa shape index (κ3) is 6.10. The molecule has 0 aliphatic rings. The molecule has 0 bridgehead atoms. The molecule has 0 aliphatic heterocycles. The molecule has 1 amide bonds. The predicted octanol–water partition coefficient (Wildman–Crippen LogP) is 3.14. The van der Waals surface area contributed by atoms with Crippen molar-refractivity contribution >= 4 is 33.2 Å². The number of nitrogens with zero attached hydrogens (tertiary/aromatic N) is 1. The molecule has 0 saturated heterocycles. The van der Waals surface area contributed by atoms with E-state index in [1.54, 1.807) is 6.92 Å². The number of halogens is 2. The SMILES string of the molecule is Cc1ccccc1OC[C@@H](C)NC(=O)CN(c1ccc(F)c(Cl)c1)S(C)(=O)=O. The number of para-hydroxylation sites is 1. The number of aryl methyl sites for hydroxylation is 1. The van der Waals surface area contributed by atoms with E-state index < -0.39 is 28.3 Å². The quantitative estimate of drug-likeness (QED) is 0.700. The Bertz CT molecular complexity index is 953. The lowest BCUT2D eigenvalue weighted by Gasteiger charge is -2.23. The van der Waals surface area contributed by atoms with Crippen LogP contribution in [0, 0.1) is 12.7 Å². The molecule has 1 atom stereocenters. The van der Waals surface area contributed by atoms with E-state index in [2.05, 4.69) is 5.32 Å². The molecule has 152 valence electrons. The normalized spacial score (nSPS) is 12.3. The predicted molar refractivity (Wildman–Crippen MR) is 108 cm³/mol. The maximum atomic E-state index is 13.4. The van der Waals surface area contributed by atoms with Crippen LogP contribution in [-0.2, 0) is 14.8 Å². The van der Waals surface area contributed by atoms with Crippen LogP contribution in [0.3, 0.4) is 0 Å². The zero-order valence-corrected chi connectivity index (χ0v) is 17.3. The van der Waals surface area contributed by atoms with Gasteiger partial charge in [-0.1, -0.05) is 29.8 Å². The van der Waals surface area contributed by atoms with E-state index >= 15 is 0 Å². The molecule has 0 heterocycles. The molecule has 1 N–H and O–H groups in total. The Kier molecular flexibility index (Phi) is 7.26. The van der Waals surface area contributed by atoms with Gasteiger partial charge in [-0.2, -0.15) is 0 Å². The van der Waals surface area contributed by atoms with Crippen LogP contribution in [0.15, 0.2) is 42.5 Å². The van der Waals surface area contributed by atoms with Crippen LogP contribution in [0.5, 0.6) is 5.75 Å². The molecular formula is C19H22ClFN2O4S. The topological polar surface area (TPSA) is 75.7 Å². The van der Waals surface area contributed by atoms with Gasteiger partial charge in [0.15, 0.2) is 0 Å². The Labute approximate surface area is 169 Å². The highest BCUT2D eigenvalue weighted by Gasteiger charge is 2.22. The van der Waals surface area contributed by atoms with Crippen molar-refractivity contribution in [1.82, 2.24) is 5.32 Å². The summed E-state index contributed by atoms with van der Waals surface area (Å²) in [6.07, 6.45) is 0.961. The molecule has 2 rings (SSSR count). The van der Waals surface area contributed by atoms with Gasteiger partial charge < -0.3 is 10.1 Å². The standard InChI is InChI=1S/C19H22ClFN2O4S/c1-13-6-4-5-7-18(13)27-12-14(2)22-19(24)11-23(28(3,25)26)15-8-9-17(21)16(20)10-15/h4-10,14H,11-12H2,1-3H3,(H,22,24)/t14-/m1/s1. The number of carbonyl (C=O) groups is 1. The maximum Gasteiger partial charge on any atom is 0.241 e. The van der Waals surface area contributed by atoms with Crippen molar-refractivity contribution in [2.45, 2.75) is 19.9 Å².